The summed E-state index contributed by atoms with van der Waals surface area (Å²) in [6, 6.07) is 8.13. The molecule has 0 aliphatic rings. The van der Waals surface area contributed by atoms with Gasteiger partial charge in [-0.15, -0.1) is 0 Å². The Hall–Kier alpha value is -1.64. The summed E-state index contributed by atoms with van der Waals surface area (Å²) in [6.07, 6.45) is 3.52. The number of para-hydroxylation sites is 2. The van der Waals surface area contributed by atoms with E-state index in [0.717, 1.165) is 42.7 Å². The minimum absolute atomic E-state index is 0.134. The topological polar surface area (TPSA) is 34.9 Å². The largest absolute Gasteiger partial charge is 0.328 e. The molecule has 1 aromatic heterocycles. The van der Waals surface area contributed by atoms with Gasteiger partial charge in [-0.2, -0.15) is 0 Å². The maximum atomic E-state index is 12.3. The summed E-state index contributed by atoms with van der Waals surface area (Å²) in [5.41, 5.74) is 2.13. The Kier molecular flexibility index (Phi) is 4.94. The van der Waals surface area contributed by atoms with Crippen molar-refractivity contribution in [3.8, 4) is 0 Å². The molecule has 1 unspecified atom stereocenters. The lowest BCUT2D eigenvalue weighted by Gasteiger charge is -2.10. The van der Waals surface area contributed by atoms with Gasteiger partial charge in [0.05, 0.1) is 17.5 Å². The summed E-state index contributed by atoms with van der Waals surface area (Å²) >= 11 is 0. The molecule has 2 aromatic rings. The molecule has 0 saturated heterocycles. The van der Waals surface area contributed by atoms with Gasteiger partial charge in [-0.3, -0.25) is 4.79 Å². The molecule has 0 radical (unpaired) electrons. The summed E-state index contributed by atoms with van der Waals surface area (Å²) in [4.78, 5) is 16.9. The van der Waals surface area contributed by atoms with E-state index in [1.807, 2.05) is 25.1 Å². The van der Waals surface area contributed by atoms with Gasteiger partial charge in [-0.1, -0.05) is 39.3 Å². The minimum Gasteiger partial charge on any atom is -0.328 e. The van der Waals surface area contributed by atoms with Crippen molar-refractivity contribution in [2.75, 3.05) is 0 Å². The summed E-state index contributed by atoms with van der Waals surface area (Å²) in [5, 5.41) is 0. The van der Waals surface area contributed by atoms with Gasteiger partial charge >= 0.3 is 0 Å². The van der Waals surface area contributed by atoms with Gasteiger partial charge in [0.25, 0.3) is 0 Å². The second kappa shape index (κ2) is 6.69. The summed E-state index contributed by atoms with van der Waals surface area (Å²) < 4.78 is 2.20. The molecule has 0 aliphatic heterocycles. The number of carbonyl (C=O) groups is 1. The SMILES string of the molecule is CCCC(C)C(=O)Cc1nc2ccccc2n1CCC. The van der Waals surface area contributed by atoms with Crippen molar-refractivity contribution in [1.29, 1.82) is 0 Å². The van der Waals surface area contributed by atoms with Gasteiger partial charge in [-0.25, -0.2) is 4.98 Å². The Morgan fingerprint density at radius 2 is 2.00 bits per heavy atom. The highest BCUT2D eigenvalue weighted by Gasteiger charge is 2.17. The molecular formula is C17H24N2O. The Morgan fingerprint density at radius 1 is 1.25 bits per heavy atom. The molecule has 3 nitrogen and oxygen atoms in total. The summed E-state index contributed by atoms with van der Waals surface area (Å²) in [5.74, 6) is 1.36. The number of ketones is 1. The van der Waals surface area contributed by atoms with Crippen molar-refractivity contribution in [3.63, 3.8) is 0 Å². The number of carbonyl (C=O) groups excluding carboxylic acids is 1. The normalized spacial score (nSPS) is 12.8. The summed E-state index contributed by atoms with van der Waals surface area (Å²) in [6.45, 7) is 7.22. The van der Waals surface area contributed by atoms with Crippen molar-refractivity contribution in [2.45, 2.75) is 53.0 Å². The average Bonchev–Trinajstić information content (AvgIpc) is 2.78. The van der Waals surface area contributed by atoms with Crippen LogP contribution >= 0.6 is 0 Å². The zero-order valence-electron chi connectivity index (χ0n) is 12.7. The lowest BCUT2D eigenvalue weighted by Crippen LogP contribution is -2.16. The number of benzene rings is 1. The third kappa shape index (κ3) is 3.09. The molecule has 1 aromatic carbocycles. The van der Waals surface area contributed by atoms with Gasteiger partial charge < -0.3 is 4.57 Å². The zero-order chi connectivity index (χ0) is 14.5. The number of imidazole rings is 1. The Balaban J connectivity index is 2.28. The Morgan fingerprint density at radius 3 is 2.70 bits per heavy atom. The lowest BCUT2D eigenvalue weighted by atomic mass is 9.98. The number of hydrogen-bond donors (Lipinski definition) is 0. The molecule has 0 spiro atoms. The van der Waals surface area contributed by atoms with Crippen LogP contribution in [0.5, 0.6) is 0 Å². The highest BCUT2D eigenvalue weighted by Crippen LogP contribution is 2.18. The van der Waals surface area contributed by atoms with E-state index >= 15 is 0 Å². The van der Waals surface area contributed by atoms with Crippen molar-refractivity contribution >= 4 is 16.8 Å². The van der Waals surface area contributed by atoms with E-state index < -0.39 is 0 Å². The van der Waals surface area contributed by atoms with Crippen LogP contribution in [-0.2, 0) is 17.8 Å². The van der Waals surface area contributed by atoms with E-state index in [1.165, 1.54) is 0 Å². The fourth-order valence-corrected chi connectivity index (χ4v) is 2.66. The maximum Gasteiger partial charge on any atom is 0.143 e. The van der Waals surface area contributed by atoms with Gasteiger partial charge in [0.2, 0.25) is 0 Å². The molecule has 0 fully saturated rings. The van der Waals surface area contributed by atoms with Crippen LogP contribution in [0.15, 0.2) is 24.3 Å². The van der Waals surface area contributed by atoms with Crippen LogP contribution in [0.2, 0.25) is 0 Å². The maximum absolute atomic E-state index is 12.3. The first kappa shape index (κ1) is 14.8. The molecule has 0 aliphatic carbocycles. The molecule has 0 bridgehead atoms. The van der Waals surface area contributed by atoms with Crippen LogP contribution in [0.4, 0.5) is 0 Å². The van der Waals surface area contributed by atoms with Crippen LogP contribution in [0, 0.1) is 5.92 Å². The number of rotatable bonds is 7. The van der Waals surface area contributed by atoms with E-state index in [-0.39, 0.29) is 5.92 Å². The van der Waals surface area contributed by atoms with E-state index in [9.17, 15) is 4.79 Å². The fourth-order valence-electron chi connectivity index (χ4n) is 2.66. The molecule has 0 N–H and O–H groups in total. The summed E-state index contributed by atoms with van der Waals surface area (Å²) in [7, 11) is 0. The lowest BCUT2D eigenvalue weighted by molar-refractivity contribution is -0.122. The van der Waals surface area contributed by atoms with E-state index in [0.29, 0.717) is 12.2 Å². The van der Waals surface area contributed by atoms with Crippen LogP contribution in [0.25, 0.3) is 11.0 Å². The molecule has 2 rings (SSSR count). The van der Waals surface area contributed by atoms with E-state index in [4.69, 9.17) is 0 Å². The highest BCUT2D eigenvalue weighted by atomic mass is 16.1. The van der Waals surface area contributed by atoms with Crippen molar-refractivity contribution in [2.24, 2.45) is 5.92 Å². The number of aromatic nitrogens is 2. The molecule has 20 heavy (non-hydrogen) atoms. The van der Waals surface area contributed by atoms with Crippen molar-refractivity contribution < 1.29 is 4.79 Å². The van der Waals surface area contributed by atoms with Crippen LogP contribution in [-0.4, -0.2) is 15.3 Å². The molecule has 1 atom stereocenters. The van der Waals surface area contributed by atoms with E-state index in [1.54, 1.807) is 0 Å². The third-order valence-corrected chi connectivity index (χ3v) is 3.78. The second-order valence-corrected chi connectivity index (χ2v) is 5.50. The molecule has 108 valence electrons. The number of fused-ring (bicyclic) bond motifs is 1. The quantitative estimate of drug-likeness (QED) is 0.763. The Labute approximate surface area is 121 Å². The molecule has 0 amide bonds. The van der Waals surface area contributed by atoms with Crippen LogP contribution < -0.4 is 0 Å². The highest BCUT2D eigenvalue weighted by molar-refractivity contribution is 5.84. The first-order valence-corrected chi connectivity index (χ1v) is 7.64. The molecule has 3 heteroatoms. The molecule has 1 heterocycles. The standard InChI is InChI=1S/C17H24N2O/c1-4-8-13(3)16(20)12-17-18-14-9-6-7-10-15(14)19(17)11-5-2/h6-7,9-10,13H,4-5,8,11-12H2,1-3H3. The second-order valence-electron chi connectivity index (χ2n) is 5.50. The first-order chi connectivity index (χ1) is 9.67. The minimum atomic E-state index is 0.134. The smallest absolute Gasteiger partial charge is 0.143 e. The number of nitrogens with zero attached hydrogens (tertiary/aromatic N) is 2. The van der Waals surface area contributed by atoms with Crippen molar-refractivity contribution in [1.82, 2.24) is 9.55 Å². The molecule has 0 saturated carbocycles. The van der Waals surface area contributed by atoms with Gasteiger partial charge in [-0.05, 0) is 25.0 Å². The predicted octanol–water partition coefficient (Wildman–Crippen LogP) is 3.99. The first-order valence-electron chi connectivity index (χ1n) is 7.64. The van der Waals surface area contributed by atoms with Crippen molar-refractivity contribution in [3.05, 3.63) is 30.1 Å². The van der Waals surface area contributed by atoms with Gasteiger partial charge in [0.15, 0.2) is 0 Å². The van der Waals surface area contributed by atoms with E-state index in [2.05, 4.69) is 29.5 Å². The van der Waals surface area contributed by atoms with Crippen LogP contribution in [0.3, 0.4) is 0 Å². The Bertz CT molecular complexity index is 586. The number of Topliss-reactive ketones (excluding diaryl/α,β-unsaturated/α-hetero) is 1. The van der Waals surface area contributed by atoms with Crippen LogP contribution in [0.1, 0.15) is 45.9 Å². The zero-order valence-corrected chi connectivity index (χ0v) is 12.7. The predicted molar refractivity (Wildman–Crippen MR) is 82.8 cm³/mol. The monoisotopic (exact) mass is 272 g/mol. The number of hydrogen-bond acceptors (Lipinski definition) is 2. The fraction of sp³-hybridized carbons (Fsp3) is 0.529. The molecular weight excluding hydrogens is 248 g/mol. The van der Waals surface area contributed by atoms with Gasteiger partial charge in [0, 0.05) is 12.5 Å². The average molecular weight is 272 g/mol. The third-order valence-electron chi connectivity index (χ3n) is 3.78. The number of aryl methyl sites for hydroxylation is 1. The van der Waals surface area contributed by atoms with Gasteiger partial charge in [0.1, 0.15) is 11.6 Å².